The molecule has 6 nitrogen and oxygen atoms in total. The molecule has 1 aliphatic rings. The molecule has 9 heteroatoms. The van der Waals surface area contributed by atoms with E-state index in [1.807, 2.05) is 19.1 Å². The number of sulfonamides is 1. The number of rotatable bonds is 4. The summed E-state index contributed by atoms with van der Waals surface area (Å²) in [7, 11) is -3.75. The first-order chi connectivity index (χ1) is 12.8. The van der Waals surface area contributed by atoms with Crippen LogP contribution in [-0.2, 0) is 14.8 Å². The summed E-state index contributed by atoms with van der Waals surface area (Å²) in [5.41, 5.74) is 1.40. The Bertz CT molecular complexity index is 1030. The van der Waals surface area contributed by atoms with Gasteiger partial charge in [-0.2, -0.15) is 0 Å². The molecule has 2 N–H and O–H groups in total. The molecule has 140 valence electrons. The minimum atomic E-state index is -3.75. The van der Waals surface area contributed by atoms with E-state index in [1.165, 1.54) is 23.9 Å². The Hall–Kier alpha value is -2.13. The van der Waals surface area contributed by atoms with Gasteiger partial charge < -0.3 is 0 Å². The molecular weight excluding hydrogens is 406 g/mol. The number of nitrogens with zero attached hydrogens (tertiary/aromatic N) is 2. The number of nitrogens with two attached hydrogens (primary N) is 1. The summed E-state index contributed by atoms with van der Waals surface area (Å²) in [5, 5.41) is 6.26. The number of halogens is 1. The lowest BCUT2D eigenvalue weighted by atomic mass is 10.2. The second-order valence-corrected chi connectivity index (χ2v) is 8.65. The van der Waals surface area contributed by atoms with Gasteiger partial charge in [0.2, 0.25) is 10.0 Å². The lowest BCUT2D eigenvalue weighted by molar-refractivity contribution is -0.122. The van der Waals surface area contributed by atoms with Crippen molar-refractivity contribution in [2.24, 2.45) is 10.1 Å². The van der Waals surface area contributed by atoms with Crippen LogP contribution in [0.4, 0.5) is 5.69 Å². The van der Waals surface area contributed by atoms with E-state index in [0.29, 0.717) is 27.3 Å². The average Bonchev–Trinajstić information content (AvgIpc) is 2.91. The van der Waals surface area contributed by atoms with Crippen LogP contribution in [0.5, 0.6) is 0 Å². The van der Waals surface area contributed by atoms with Crippen molar-refractivity contribution in [2.45, 2.75) is 11.8 Å². The van der Waals surface area contributed by atoms with Crippen LogP contribution >= 0.6 is 23.4 Å². The summed E-state index contributed by atoms with van der Waals surface area (Å²) in [6.45, 7) is 2.33. The molecular formula is C18H16ClN3O3S2. The molecule has 1 fully saturated rings. The standard InChI is InChI=1S/C18H16ClN3O3S2/c1-2-22-17(23)16(11-12-3-5-13(19)6-4-12)26-18(22)21-14-7-9-15(10-8-14)27(20,24)25/h3-11H,2H2,1H3,(H2,20,24,25)/b16-11+,21-18?. The Morgan fingerprint density at radius 2 is 1.78 bits per heavy atom. The number of amides is 1. The molecule has 1 aliphatic heterocycles. The molecule has 27 heavy (non-hydrogen) atoms. The lowest BCUT2D eigenvalue weighted by Crippen LogP contribution is -2.28. The predicted octanol–water partition coefficient (Wildman–Crippen LogP) is 3.61. The quantitative estimate of drug-likeness (QED) is 0.763. The molecule has 0 radical (unpaired) electrons. The maximum Gasteiger partial charge on any atom is 0.266 e. The number of amidine groups is 1. The molecule has 0 aliphatic carbocycles. The van der Waals surface area contributed by atoms with Gasteiger partial charge in [-0.3, -0.25) is 9.69 Å². The zero-order valence-corrected chi connectivity index (χ0v) is 16.7. The van der Waals surface area contributed by atoms with Gasteiger partial charge in [0.1, 0.15) is 0 Å². The minimum Gasteiger partial charge on any atom is -0.287 e. The topological polar surface area (TPSA) is 92.8 Å². The van der Waals surface area contributed by atoms with Gasteiger partial charge in [0.05, 0.1) is 15.5 Å². The molecule has 2 aromatic rings. The van der Waals surface area contributed by atoms with Gasteiger partial charge in [0.25, 0.3) is 5.91 Å². The summed E-state index contributed by atoms with van der Waals surface area (Å²) in [6.07, 6.45) is 1.79. The van der Waals surface area contributed by atoms with E-state index in [2.05, 4.69) is 4.99 Å². The Labute approximate surface area is 166 Å². The van der Waals surface area contributed by atoms with E-state index in [1.54, 1.807) is 35.2 Å². The summed E-state index contributed by atoms with van der Waals surface area (Å²) in [5.74, 6) is -0.127. The predicted molar refractivity (Wildman–Crippen MR) is 109 cm³/mol. The van der Waals surface area contributed by atoms with Gasteiger partial charge in [-0.1, -0.05) is 23.7 Å². The summed E-state index contributed by atoms with van der Waals surface area (Å²) >= 11 is 7.16. The van der Waals surface area contributed by atoms with E-state index < -0.39 is 10.0 Å². The van der Waals surface area contributed by atoms with E-state index in [4.69, 9.17) is 16.7 Å². The van der Waals surface area contributed by atoms with Crippen LogP contribution in [0.15, 0.2) is 63.3 Å². The third-order valence-electron chi connectivity index (χ3n) is 3.76. The highest BCUT2D eigenvalue weighted by Crippen LogP contribution is 2.34. The van der Waals surface area contributed by atoms with Gasteiger partial charge in [0, 0.05) is 11.6 Å². The van der Waals surface area contributed by atoms with Crippen molar-refractivity contribution in [3.05, 3.63) is 64.0 Å². The summed E-state index contributed by atoms with van der Waals surface area (Å²) in [4.78, 5) is 19.2. The van der Waals surface area contributed by atoms with Crippen LogP contribution in [0.1, 0.15) is 12.5 Å². The zero-order chi connectivity index (χ0) is 19.6. The fourth-order valence-corrected chi connectivity index (χ4v) is 4.11. The van der Waals surface area contributed by atoms with Crippen molar-refractivity contribution in [1.82, 2.24) is 4.90 Å². The number of carbonyl (C=O) groups excluding carboxylic acids is 1. The van der Waals surface area contributed by atoms with Crippen LogP contribution in [-0.4, -0.2) is 30.9 Å². The van der Waals surface area contributed by atoms with Crippen LogP contribution in [0.3, 0.4) is 0 Å². The average molecular weight is 422 g/mol. The van der Waals surface area contributed by atoms with Gasteiger partial charge in [-0.25, -0.2) is 18.5 Å². The SMILES string of the molecule is CCN1C(=O)/C(=C\c2ccc(Cl)cc2)SC1=Nc1ccc(S(N)(=O)=O)cc1. The Kier molecular flexibility index (Phi) is 5.71. The monoisotopic (exact) mass is 421 g/mol. The largest absolute Gasteiger partial charge is 0.287 e. The molecule has 2 aromatic carbocycles. The molecule has 0 aromatic heterocycles. The van der Waals surface area contributed by atoms with E-state index in [9.17, 15) is 13.2 Å². The van der Waals surface area contributed by atoms with Crippen molar-refractivity contribution in [3.8, 4) is 0 Å². The number of benzene rings is 2. The molecule has 0 saturated carbocycles. The Morgan fingerprint density at radius 1 is 1.15 bits per heavy atom. The third-order valence-corrected chi connectivity index (χ3v) is 5.95. The molecule has 0 unspecified atom stereocenters. The van der Waals surface area contributed by atoms with Gasteiger partial charge in [-0.05, 0) is 66.7 Å². The number of thioether (sulfide) groups is 1. The Morgan fingerprint density at radius 3 is 2.33 bits per heavy atom. The second-order valence-electron chi connectivity index (χ2n) is 5.64. The minimum absolute atomic E-state index is 0.0114. The maximum absolute atomic E-state index is 12.6. The molecule has 1 amide bonds. The van der Waals surface area contributed by atoms with E-state index in [-0.39, 0.29) is 10.8 Å². The third kappa shape index (κ3) is 4.59. The second kappa shape index (κ2) is 7.85. The molecule has 0 atom stereocenters. The summed E-state index contributed by atoms with van der Waals surface area (Å²) in [6, 6.07) is 13.1. The summed E-state index contributed by atoms with van der Waals surface area (Å²) < 4.78 is 22.7. The lowest BCUT2D eigenvalue weighted by Gasteiger charge is -2.12. The number of primary sulfonamides is 1. The highest BCUT2D eigenvalue weighted by atomic mass is 35.5. The highest BCUT2D eigenvalue weighted by Gasteiger charge is 2.32. The van der Waals surface area contributed by atoms with Gasteiger partial charge >= 0.3 is 0 Å². The van der Waals surface area contributed by atoms with Crippen LogP contribution in [0, 0.1) is 0 Å². The molecule has 3 rings (SSSR count). The number of hydrogen-bond donors (Lipinski definition) is 1. The smallest absolute Gasteiger partial charge is 0.266 e. The van der Waals surface area contributed by atoms with Crippen molar-refractivity contribution in [3.63, 3.8) is 0 Å². The zero-order valence-electron chi connectivity index (χ0n) is 14.3. The van der Waals surface area contributed by atoms with Crippen LogP contribution in [0.25, 0.3) is 6.08 Å². The molecule has 0 bridgehead atoms. The van der Waals surface area contributed by atoms with Crippen molar-refractivity contribution in [2.75, 3.05) is 6.54 Å². The number of likely N-dealkylation sites (N-methyl/N-ethyl adjacent to an activating group) is 1. The van der Waals surface area contributed by atoms with Gasteiger partial charge in [0.15, 0.2) is 5.17 Å². The molecule has 1 heterocycles. The van der Waals surface area contributed by atoms with Crippen LogP contribution in [0.2, 0.25) is 5.02 Å². The van der Waals surface area contributed by atoms with Gasteiger partial charge in [-0.15, -0.1) is 0 Å². The molecule has 0 spiro atoms. The molecule has 1 saturated heterocycles. The van der Waals surface area contributed by atoms with Crippen molar-refractivity contribution >= 4 is 56.2 Å². The first-order valence-electron chi connectivity index (χ1n) is 7.96. The highest BCUT2D eigenvalue weighted by molar-refractivity contribution is 8.18. The number of hydrogen-bond acceptors (Lipinski definition) is 5. The number of carbonyl (C=O) groups is 1. The van der Waals surface area contributed by atoms with Crippen molar-refractivity contribution < 1.29 is 13.2 Å². The first kappa shape index (κ1) is 19.6. The Balaban J connectivity index is 1.90. The number of aliphatic imine (C=N–C) groups is 1. The normalized spacial score (nSPS) is 17.9. The fraction of sp³-hybridized carbons (Fsp3) is 0.111. The van der Waals surface area contributed by atoms with E-state index in [0.717, 1.165) is 5.56 Å². The van der Waals surface area contributed by atoms with Crippen molar-refractivity contribution in [1.29, 1.82) is 0 Å². The van der Waals surface area contributed by atoms with E-state index >= 15 is 0 Å². The first-order valence-corrected chi connectivity index (χ1v) is 10.7. The maximum atomic E-state index is 12.6. The van der Waals surface area contributed by atoms with Crippen LogP contribution < -0.4 is 5.14 Å². The fourth-order valence-electron chi connectivity index (χ4n) is 2.40.